The van der Waals surface area contributed by atoms with Crippen molar-refractivity contribution in [2.75, 3.05) is 10.6 Å². The standard InChI is InChI=1S/C13H9ClFN5O/c14-10-5-2-6-11-18-19-12(20(10)11)17-13(21)16-9-4-1-3-8(15)7-9/h1-7H,(H2,16,17,19,21). The van der Waals surface area contributed by atoms with E-state index < -0.39 is 11.8 Å². The summed E-state index contributed by atoms with van der Waals surface area (Å²) >= 11 is 6.03. The molecule has 6 nitrogen and oxygen atoms in total. The monoisotopic (exact) mass is 305 g/mol. The van der Waals surface area contributed by atoms with Crippen LogP contribution >= 0.6 is 11.6 Å². The summed E-state index contributed by atoms with van der Waals surface area (Å²) in [6, 6.07) is 10.1. The first-order chi connectivity index (χ1) is 10.1. The molecule has 0 atom stereocenters. The Kier molecular flexibility index (Phi) is 3.41. The molecule has 0 radical (unpaired) electrons. The molecule has 1 aromatic carbocycles. The van der Waals surface area contributed by atoms with Crippen molar-refractivity contribution in [3.05, 3.63) is 53.4 Å². The lowest BCUT2D eigenvalue weighted by Crippen LogP contribution is -2.21. The fourth-order valence-electron chi connectivity index (χ4n) is 1.81. The minimum atomic E-state index is -0.574. The van der Waals surface area contributed by atoms with Crippen LogP contribution in [0.15, 0.2) is 42.5 Å². The summed E-state index contributed by atoms with van der Waals surface area (Å²) in [5.41, 5.74) is 0.830. The largest absolute Gasteiger partial charge is 0.326 e. The number of aromatic nitrogens is 3. The zero-order chi connectivity index (χ0) is 14.8. The number of benzene rings is 1. The van der Waals surface area contributed by atoms with Gasteiger partial charge >= 0.3 is 6.03 Å². The summed E-state index contributed by atoms with van der Waals surface area (Å²) in [4.78, 5) is 11.9. The number of carbonyl (C=O) groups is 1. The lowest BCUT2D eigenvalue weighted by molar-refractivity contribution is 0.262. The predicted molar refractivity (Wildman–Crippen MR) is 77.0 cm³/mol. The molecule has 8 heteroatoms. The van der Waals surface area contributed by atoms with E-state index in [0.29, 0.717) is 16.5 Å². The number of rotatable bonds is 2. The van der Waals surface area contributed by atoms with Crippen LogP contribution in [0.4, 0.5) is 20.8 Å². The van der Waals surface area contributed by atoms with Crippen molar-refractivity contribution in [2.24, 2.45) is 0 Å². The smallest absolute Gasteiger partial charge is 0.308 e. The third-order valence-electron chi connectivity index (χ3n) is 2.69. The third kappa shape index (κ3) is 2.77. The lowest BCUT2D eigenvalue weighted by atomic mass is 10.3. The molecule has 3 aromatic rings. The number of fused-ring (bicyclic) bond motifs is 1. The fraction of sp³-hybridized carbons (Fsp3) is 0. The van der Waals surface area contributed by atoms with Crippen molar-refractivity contribution in [3.8, 4) is 0 Å². The van der Waals surface area contributed by atoms with Gasteiger partial charge in [0, 0.05) is 5.69 Å². The van der Waals surface area contributed by atoms with Crippen LogP contribution in [-0.2, 0) is 0 Å². The van der Waals surface area contributed by atoms with Gasteiger partial charge in [-0.05, 0) is 30.3 Å². The number of nitrogens with one attached hydrogen (secondary N) is 2. The van der Waals surface area contributed by atoms with Crippen molar-refractivity contribution < 1.29 is 9.18 Å². The number of carbonyl (C=O) groups excluding carboxylic acids is 1. The molecule has 2 amide bonds. The van der Waals surface area contributed by atoms with Crippen LogP contribution < -0.4 is 10.6 Å². The minimum absolute atomic E-state index is 0.171. The molecule has 2 heterocycles. The summed E-state index contributed by atoms with van der Waals surface area (Å²) < 4.78 is 14.5. The molecule has 2 N–H and O–H groups in total. The van der Waals surface area contributed by atoms with Crippen LogP contribution in [0.5, 0.6) is 0 Å². The average molecular weight is 306 g/mol. The number of urea groups is 1. The van der Waals surface area contributed by atoms with Crippen molar-refractivity contribution in [1.29, 1.82) is 0 Å². The van der Waals surface area contributed by atoms with Gasteiger partial charge in [-0.15, -0.1) is 10.2 Å². The van der Waals surface area contributed by atoms with Gasteiger partial charge in [0.05, 0.1) is 0 Å². The second kappa shape index (κ2) is 5.37. The van der Waals surface area contributed by atoms with E-state index in [1.807, 2.05) is 0 Å². The van der Waals surface area contributed by atoms with Gasteiger partial charge in [0.2, 0.25) is 5.95 Å². The molecule has 0 saturated heterocycles. The van der Waals surface area contributed by atoms with Gasteiger partial charge in [0.15, 0.2) is 5.65 Å². The number of nitrogens with zero attached hydrogens (tertiary/aromatic N) is 3. The molecule has 0 fully saturated rings. The summed E-state index contributed by atoms with van der Waals surface area (Å²) in [5, 5.41) is 13.1. The summed E-state index contributed by atoms with van der Waals surface area (Å²) in [6.45, 7) is 0. The topological polar surface area (TPSA) is 71.3 Å². The summed E-state index contributed by atoms with van der Waals surface area (Å²) in [5.74, 6) is -0.270. The van der Waals surface area contributed by atoms with E-state index in [9.17, 15) is 9.18 Å². The maximum absolute atomic E-state index is 13.0. The van der Waals surface area contributed by atoms with Crippen molar-refractivity contribution >= 4 is 34.9 Å². The Balaban J connectivity index is 1.81. The molecule has 0 aliphatic carbocycles. The number of amides is 2. The van der Waals surface area contributed by atoms with E-state index in [0.717, 1.165) is 0 Å². The van der Waals surface area contributed by atoms with E-state index >= 15 is 0 Å². The van der Waals surface area contributed by atoms with Gasteiger partial charge in [-0.25, -0.2) is 9.18 Å². The number of hydrogen-bond acceptors (Lipinski definition) is 3. The SMILES string of the molecule is O=C(Nc1cccc(F)c1)Nc1nnc2cccc(Cl)n12. The van der Waals surface area contributed by atoms with Gasteiger partial charge in [0.1, 0.15) is 11.0 Å². The van der Waals surface area contributed by atoms with Gasteiger partial charge in [-0.3, -0.25) is 9.72 Å². The van der Waals surface area contributed by atoms with Gasteiger partial charge in [-0.2, -0.15) is 0 Å². The first kappa shape index (κ1) is 13.3. The predicted octanol–water partition coefficient (Wildman–Crippen LogP) is 3.17. The molecular weight excluding hydrogens is 297 g/mol. The van der Waals surface area contributed by atoms with Gasteiger partial charge < -0.3 is 5.32 Å². The zero-order valence-electron chi connectivity index (χ0n) is 10.5. The van der Waals surface area contributed by atoms with Crippen LogP contribution in [0.25, 0.3) is 5.65 Å². The van der Waals surface area contributed by atoms with Gasteiger partial charge in [0.25, 0.3) is 0 Å². The normalized spacial score (nSPS) is 10.6. The molecule has 0 bridgehead atoms. The Bertz CT molecular complexity index is 819. The molecule has 0 unspecified atom stereocenters. The highest BCUT2D eigenvalue weighted by molar-refractivity contribution is 6.30. The van der Waals surface area contributed by atoms with E-state index in [1.165, 1.54) is 22.6 Å². The molecule has 21 heavy (non-hydrogen) atoms. The van der Waals surface area contributed by atoms with E-state index in [-0.39, 0.29) is 5.95 Å². The lowest BCUT2D eigenvalue weighted by Gasteiger charge is -2.06. The molecule has 0 saturated carbocycles. The quantitative estimate of drug-likeness (QED) is 0.714. The maximum atomic E-state index is 13.0. The molecule has 0 aliphatic heterocycles. The Morgan fingerprint density at radius 2 is 1.95 bits per heavy atom. The van der Waals surface area contributed by atoms with Crippen molar-refractivity contribution in [2.45, 2.75) is 0 Å². The first-order valence-electron chi connectivity index (χ1n) is 5.97. The van der Waals surface area contributed by atoms with Gasteiger partial charge in [-0.1, -0.05) is 23.7 Å². The molecular formula is C13H9ClFN5O. The summed E-state index contributed by atoms with van der Waals surface area (Å²) in [6.07, 6.45) is 0. The second-order valence-electron chi connectivity index (χ2n) is 4.16. The number of pyridine rings is 1. The van der Waals surface area contributed by atoms with Crippen molar-refractivity contribution in [1.82, 2.24) is 14.6 Å². The number of anilines is 2. The Labute approximate surface area is 123 Å². The molecule has 0 aliphatic rings. The minimum Gasteiger partial charge on any atom is -0.308 e. The third-order valence-corrected chi connectivity index (χ3v) is 2.98. The van der Waals surface area contributed by atoms with Crippen LogP contribution in [0, 0.1) is 5.82 Å². The average Bonchev–Trinajstić information content (AvgIpc) is 2.83. The van der Waals surface area contributed by atoms with E-state index in [4.69, 9.17) is 11.6 Å². The highest BCUT2D eigenvalue weighted by Crippen LogP contribution is 2.17. The molecule has 2 aromatic heterocycles. The maximum Gasteiger partial charge on any atom is 0.326 e. The van der Waals surface area contributed by atoms with Crippen molar-refractivity contribution in [3.63, 3.8) is 0 Å². The van der Waals surface area contributed by atoms with Crippen LogP contribution in [0.3, 0.4) is 0 Å². The van der Waals surface area contributed by atoms with E-state index in [1.54, 1.807) is 24.3 Å². The van der Waals surface area contributed by atoms with Crippen LogP contribution in [0.2, 0.25) is 5.15 Å². The second-order valence-corrected chi connectivity index (χ2v) is 4.54. The summed E-state index contributed by atoms with van der Waals surface area (Å²) in [7, 11) is 0. The highest BCUT2D eigenvalue weighted by atomic mass is 35.5. The first-order valence-corrected chi connectivity index (χ1v) is 6.34. The molecule has 106 valence electrons. The Morgan fingerprint density at radius 3 is 2.76 bits per heavy atom. The van der Waals surface area contributed by atoms with Crippen LogP contribution in [0.1, 0.15) is 0 Å². The van der Waals surface area contributed by atoms with E-state index in [2.05, 4.69) is 20.8 Å². The number of hydrogen-bond donors (Lipinski definition) is 2. The Hall–Kier alpha value is -2.67. The zero-order valence-corrected chi connectivity index (χ0v) is 11.3. The highest BCUT2D eigenvalue weighted by Gasteiger charge is 2.11. The van der Waals surface area contributed by atoms with Crippen LogP contribution in [-0.4, -0.2) is 20.6 Å². The fourth-order valence-corrected chi connectivity index (χ4v) is 2.05. The number of halogens is 2. The molecule has 3 rings (SSSR count). The molecule has 0 spiro atoms. The Morgan fingerprint density at radius 1 is 1.14 bits per heavy atom.